The molecule has 2 aromatic heterocycles. The third-order valence-corrected chi connectivity index (χ3v) is 5.32. The molecule has 0 aromatic carbocycles. The van der Waals surface area contributed by atoms with Crippen molar-refractivity contribution < 1.29 is 9.59 Å². The molecule has 152 valence electrons. The summed E-state index contributed by atoms with van der Waals surface area (Å²) >= 11 is 0. The van der Waals surface area contributed by atoms with E-state index in [1.165, 1.54) is 0 Å². The molecule has 2 saturated heterocycles. The molecule has 0 saturated carbocycles. The highest BCUT2D eigenvalue weighted by Crippen LogP contribution is 2.18. The fourth-order valence-electron chi connectivity index (χ4n) is 3.65. The Morgan fingerprint density at radius 1 is 0.966 bits per heavy atom. The average molecular weight is 395 g/mol. The van der Waals surface area contributed by atoms with Crippen molar-refractivity contribution in [3.05, 3.63) is 42.0 Å². The Kier molecular flexibility index (Phi) is 5.55. The minimum Gasteiger partial charge on any atom is -0.352 e. The minimum absolute atomic E-state index is 0.132. The Hall–Kier alpha value is -3.23. The Bertz CT molecular complexity index is 876. The minimum atomic E-state index is -0.335. The number of pyridine rings is 1. The molecule has 0 aliphatic carbocycles. The second-order valence-electron chi connectivity index (χ2n) is 7.28. The third-order valence-electron chi connectivity index (χ3n) is 5.32. The van der Waals surface area contributed by atoms with E-state index in [2.05, 4.69) is 25.2 Å². The van der Waals surface area contributed by atoms with E-state index in [9.17, 15) is 9.59 Å². The molecule has 1 N–H and O–H groups in total. The number of piperazine rings is 1. The lowest BCUT2D eigenvalue weighted by Crippen LogP contribution is -2.52. The second kappa shape index (κ2) is 8.42. The highest BCUT2D eigenvalue weighted by atomic mass is 16.2. The zero-order valence-electron chi connectivity index (χ0n) is 16.5. The lowest BCUT2D eigenvalue weighted by atomic mass is 10.3. The van der Waals surface area contributed by atoms with E-state index >= 15 is 0 Å². The average Bonchev–Trinajstić information content (AvgIpc) is 3.29. The first-order valence-corrected chi connectivity index (χ1v) is 9.96. The molecule has 29 heavy (non-hydrogen) atoms. The molecular formula is C20H25N7O2. The number of nitrogens with one attached hydrogen (secondary N) is 1. The van der Waals surface area contributed by atoms with Crippen molar-refractivity contribution in [3.8, 4) is 0 Å². The summed E-state index contributed by atoms with van der Waals surface area (Å²) in [6.07, 6.45) is 5.49. The topological polar surface area (TPSA) is 94.6 Å². The molecule has 4 rings (SSSR count). The largest absolute Gasteiger partial charge is 0.352 e. The maximum atomic E-state index is 12.6. The van der Waals surface area contributed by atoms with Crippen molar-refractivity contribution in [1.29, 1.82) is 0 Å². The summed E-state index contributed by atoms with van der Waals surface area (Å²) in [6, 6.07) is 5.45. The van der Waals surface area contributed by atoms with Gasteiger partial charge in [-0.05, 0) is 31.9 Å². The Morgan fingerprint density at radius 3 is 2.38 bits per heavy atom. The van der Waals surface area contributed by atoms with Gasteiger partial charge in [0, 0.05) is 45.5 Å². The maximum Gasteiger partial charge on any atom is 0.320 e. The Morgan fingerprint density at radius 2 is 1.69 bits per heavy atom. The molecular weight excluding hydrogens is 370 g/mol. The summed E-state index contributed by atoms with van der Waals surface area (Å²) in [7, 11) is 0. The van der Waals surface area contributed by atoms with Crippen molar-refractivity contribution >= 4 is 23.6 Å². The quantitative estimate of drug-likeness (QED) is 0.851. The van der Waals surface area contributed by atoms with Crippen molar-refractivity contribution in [1.82, 2.24) is 24.8 Å². The molecule has 0 bridgehead atoms. The molecule has 9 nitrogen and oxygen atoms in total. The van der Waals surface area contributed by atoms with Crippen LogP contribution in [0.25, 0.3) is 0 Å². The molecule has 0 unspecified atom stereocenters. The van der Waals surface area contributed by atoms with E-state index in [0.717, 1.165) is 25.9 Å². The first-order chi connectivity index (χ1) is 14.1. The van der Waals surface area contributed by atoms with Gasteiger partial charge in [-0.25, -0.2) is 14.8 Å². The van der Waals surface area contributed by atoms with Crippen LogP contribution in [-0.2, 0) is 0 Å². The lowest BCUT2D eigenvalue weighted by molar-refractivity contribution is 0.102. The van der Waals surface area contributed by atoms with E-state index in [4.69, 9.17) is 0 Å². The Labute approximate surface area is 169 Å². The highest BCUT2D eigenvalue weighted by molar-refractivity contribution is 6.03. The molecule has 2 aliphatic heterocycles. The van der Waals surface area contributed by atoms with E-state index in [1.54, 1.807) is 37.5 Å². The number of urea groups is 1. The Balaban J connectivity index is 1.41. The highest BCUT2D eigenvalue weighted by Gasteiger charge is 2.27. The molecule has 0 atom stereocenters. The van der Waals surface area contributed by atoms with Gasteiger partial charge in [0.1, 0.15) is 11.6 Å². The van der Waals surface area contributed by atoms with Gasteiger partial charge in [0.05, 0.1) is 11.9 Å². The smallest absolute Gasteiger partial charge is 0.320 e. The monoisotopic (exact) mass is 395 g/mol. The van der Waals surface area contributed by atoms with Crippen LogP contribution in [0, 0.1) is 6.92 Å². The van der Waals surface area contributed by atoms with Crippen LogP contribution in [0.1, 0.15) is 29.0 Å². The summed E-state index contributed by atoms with van der Waals surface area (Å²) in [5.41, 5.74) is 0.841. The van der Waals surface area contributed by atoms with Gasteiger partial charge >= 0.3 is 6.03 Å². The molecule has 2 aromatic rings. The number of aryl methyl sites for hydroxylation is 1. The van der Waals surface area contributed by atoms with Crippen LogP contribution in [0.15, 0.2) is 30.6 Å². The number of carbonyl (C=O) groups excluding carboxylic acids is 2. The number of anilines is 2. The van der Waals surface area contributed by atoms with Crippen LogP contribution in [0.4, 0.5) is 16.4 Å². The lowest BCUT2D eigenvalue weighted by Gasteiger charge is -2.37. The van der Waals surface area contributed by atoms with Crippen LogP contribution in [0.2, 0.25) is 0 Å². The summed E-state index contributed by atoms with van der Waals surface area (Å²) in [4.78, 5) is 44.1. The second-order valence-corrected chi connectivity index (χ2v) is 7.28. The van der Waals surface area contributed by atoms with Gasteiger partial charge < -0.3 is 20.0 Å². The fourth-order valence-corrected chi connectivity index (χ4v) is 3.65. The summed E-state index contributed by atoms with van der Waals surface area (Å²) in [6.45, 7) is 6.09. The van der Waals surface area contributed by atoms with Gasteiger partial charge in [-0.15, -0.1) is 0 Å². The molecule has 0 spiro atoms. The number of aromatic nitrogens is 3. The van der Waals surface area contributed by atoms with Gasteiger partial charge in [-0.3, -0.25) is 9.78 Å². The SMILES string of the molecule is Cc1ncc(N2CCN(C(=O)N3CCCC3)CC2)nc1C(=O)Nc1ccccn1. The molecule has 4 heterocycles. The number of amides is 3. The summed E-state index contributed by atoms with van der Waals surface area (Å²) < 4.78 is 0. The predicted molar refractivity (Wildman–Crippen MR) is 109 cm³/mol. The van der Waals surface area contributed by atoms with Crippen LogP contribution in [0.3, 0.4) is 0 Å². The van der Waals surface area contributed by atoms with E-state index in [1.807, 2.05) is 9.80 Å². The fraction of sp³-hybridized carbons (Fsp3) is 0.450. The number of nitrogens with zero attached hydrogens (tertiary/aromatic N) is 6. The number of hydrogen-bond acceptors (Lipinski definition) is 6. The van der Waals surface area contributed by atoms with Gasteiger partial charge in [-0.2, -0.15) is 0 Å². The van der Waals surface area contributed by atoms with Crippen LogP contribution < -0.4 is 10.2 Å². The summed E-state index contributed by atoms with van der Waals surface area (Å²) in [5.74, 6) is 0.784. The van der Waals surface area contributed by atoms with Gasteiger partial charge in [0.15, 0.2) is 5.69 Å². The molecule has 9 heteroatoms. The molecule has 0 radical (unpaired) electrons. The number of rotatable bonds is 3. The van der Waals surface area contributed by atoms with Gasteiger partial charge in [-0.1, -0.05) is 6.07 Å². The maximum absolute atomic E-state index is 12.6. The first-order valence-electron chi connectivity index (χ1n) is 9.96. The zero-order valence-corrected chi connectivity index (χ0v) is 16.5. The zero-order chi connectivity index (χ0) is 20.2. The molecule has 2 aliphatic rings. The number of likely N-dealkylation sites (tertiary alicyclic amines) is 1. The van der Waals surface area contributed by atoms with Gasteiger partial charge in [0.2, 0.25) is 0 Å². The van der Waals surface area contributed by atoms with Crippen LogP contribution in [0.5, 0.6) is 0 Å². The standard InChI is InChI=1S/C20H25N7O2/c1-15-18(19(28)23-16-6-2-3-7-21-16)24-17(14-22-15)25-10-12-27(13-11-25)20(29)26-8-4-5-9-26/h2-3,6-7,14H,4-5,8-13H2,1H3,(H,21,23,28). The normalized spacial score (nSPS) is 16.8. The number of carbonyl (C=O) groups is 2. The molecule has 2 fully saturated rings. The van der Waals surface area contributed by atoms with Crippen molar-refractivity contribution in [3.63, 3.8) is 0 Å². The first kappa shape index (κ1) is 19.1. The summed E-state index contributed by atoms with van der Waals surface area (Å²) in [5, 5.41) is 2.75. The number of hydrogen-bond donors (Lipinski definition) is 1. The van der Waals surface area contributed by atoms with E-state index < -0.39 is 0 Å². The van der Waals surface area contributed by atoms with Crippen LogP contribution >= 0.6 is 0 Å². The predicted octanol–water partition coefficient (Wildman–Crippen LogP) is 1.77. The van der Waals surface area contributed by atoms with Crippen molar-refractivity contribution in [2.45, 2.75) is 19.8 Å². The van der Waals surface area contributed by atoms with Gasteiger partial charge in [0.25, 0.3) is 5.91 Å². The third kappa shape index (κ3) is 4.28. The van der Waals surface area contributed by atoms with Crippen LogP contribution in [-0.4, -0.2) is 76.0 Å². The van der Waals surface area contributed by atoms with E-state index in [-0.39, 0.29) is 17.6 Å². The van der Waals surface area contributed by atoms with Crippen molar-refractivity contribution in [2.75, 3.05) is 49.5 Å². The van der Waals surface area contributed by atoms with Crippen molar-refractivity contribution in [2.24, 2.45) is 0 Å². The van der Waals surface area contributed by atoms with E-state index in [0.29, 0.717) is 43.5 Å². The molecule has 3 amide bonds.